The minimum absolute atomic E-state index is 1.06. The van der Waals surface area contributed by atoms with Crippen molar-refractivity contribution >= 4 is 16.8 Å². The highest BCUT2D eigenvalue weighted by Crippen LogP contribution is 2.18. The van der Waals surface area contributed by atoms with Gasteiger partial charge >= 0.3 is 0 Å². The van der Waals surface area contributed by atoms with Crippen molar-refractivity contribution < 1.29 is 0 Å². The van der Waals surface area contributed by atoms with Crippen LogP contribution in [-0.2, 0) is 0 Å². The third kappa shape index (κ3) is 2.05. The molecule has 0 fully saturated rings. The smallest absolute Gasteiger partial charge is 0.0912 e. The summed E-state index contributed by atoms with van der Waals surface area (Å²) < 4.78 is 0. The van der Waals surface area contributed by atoms with E-state index in [9.17, 15) is 0 Å². The zero-order valence-corrected chi connectivity index (χ0v) is 8.57. The van der Waals surface area contributed by atoms with E-state index in [1.807, 2.05) is 18.2 Å². The number of allylic oxidation sites excluding steroid dienone is 1. The number of rotatable bonds is 1. The van der Waals surface area contributed by atoms with Crippen molar-refractivity contribution in [3.05, 3.63) is 53.6 Å². The van der Waals surface area contributed by atoms with Gasteiger partial charge in [0, 0.05) is 6.08 Å². The number of aryl methyl sites for hydroxylation is 1. The largest absolute Gasteiger partial charge is 0.193 e. The van der Waals surface area contributed by atoms with E-state index in [0.717, 1.165) is 5.56 Å². The molecule has 0 aliphatic carbocycles. The Morgan fingerprint density at radius 2 is 1.80 bits per heavy atom. The molecule has 1 nitrogen and oxygen atoms in total. The van der Waals surface area contributed by atoms with Crippen LogP contribution in [0.1, 0.15) is 11.1 Å². The molecular formula is C14H11N. The fourth-order valence-corrected chi connectivity index (χ4v) is 1.62. The molecule has 15 heavy (non-hydrogen) atoms. The monoisotopic (exact) mass is 193 g/mol. The summed E-state index contributed by atoms with van der Waals surface area (Å²) in [7, 11) is 0. The average molecular weight is 193 g/mol. The fraction of sp³-hybridized carbons (Fsp3) is 0.0714. The van der Waals surface area contributed by atoms with Gasteiger partial charge < -0.3 is 0 Å². The second kappa shape index (κ2) is 3.98. The molecule has 2 aromatic carbocycles. The molecular weight excluding hydrogens is 182 g/mol. The molecule has 0 aromatic heterocycles. The highest BCUT2D eigenvalue weighted by atomic mass is 14.2. The van der Waals surface area contributed by atoms with Gasteiger partial charge in [0.2, 0.25) is 0 Å². The van der Waals surface area contributed by atoms with Crippen LogP contribution in [0.4, 0.5) is 0 Å². The lowest BCUT2D eigenvalue weighted by atomic mass is 10.0. The second-order valence-corrected chi connectivity index (χ2v) is 3.57. The number of fused-ring (bicyclic) bond motifs is 1. The number of nitriles is 1. The summed E-state index contributed by atoms with van der Waals surface area (Å²) in [6.07, 6.45) is 3.31. The summed E-state index contributed by atoms with van der Waals surface area (Å²) in [4.78, 5) is 0. The van der Waals surface area contributed by atoms with Crippen LogP contribution in [0.2, 0.25) is 0 Å². The van der Waals surface area contributed by atoms with Gasteiger partial charge in [-0.3, -0.25) is 0 Å². The van der Waals surface area contributed by atoms with Crippen LogP contribution in [0.5, 0.6) is 0 Å². The number of hydrogen-bond acceptors (Lipinski definition) is 1. The molecule has 72 valence electrons. The zero-order valence-electron chi connectivity index (χ0n) is 8.57. The Kier molecular flexibility index (Phi) is 2.51. The van der Waals surface area contributed by atoms with Gasteiger partial charge in [-0.05, 0) is 35.4 Å². The number of nitrogens with zero attached hydrogens (tertiary/aromatic N) is 1. The van der Waals surface area contributed by atoms with E-state index in [-0.39, 0.29) is 0 Å². The molecule has 0 saturated heterocycles. The summed E-state index contributed by atoms with van der Waals surface area (Å²) in [5.74, 6) is 0. The normalized spacial score (nSPS) is 10.7. The molecule has 0 bridgehead atoms. The Hall–Kier alpha value is -2.07. The minimum atomic E-state index is 1.06. The van der Waals surface area contributed by atoms with E-state index >= 15 is 0 Å². The van der Waals surface area contributed by atoms with E-state index in [1.54, 1.807) is 0 Å². The Bertz CT molecular complexity index is 559. The molecule has 0 N–H and O–H groups in total. The Labute approximate surface area is 89.3 Å². The molecule has 0 unspecified atom stereocenters. The number of benzene rings is 2. The van der Waals surface area contributed by atoms with Crippen molar-refractivity contribution in [3.63, 3.8) is 0 Å². The van der Waals surface area contributed by atoms with E-state index < -0.39 is 0 Å². The molecule has 0 atom stereocenters. The van der Waals surface area contributed by atoms with Crippen molar-refractivity contribution in [2.75, 3.05) is 0 Å². The summed E-state index contributed by atoms with van der Waals surface area (Å²) in [6, 6.07) is 14.5. The van der Waals surface area contributed by atoms with Crippen LogP contribution < -0.4 is 0 Å². The van der Waals surface area contributed by atoms with Crippen LogP contribution >= 0.6 is 0 Å². The highest BCUT2D eigenvalue weighted by Gasteiger charge is 1.94. The molecule has 0 radical (unpaired) electrons. The summed E-state index contributed by atoms with van der Waals surface area (Å²) >= 11 is 0. The Balaban J connectivity index is 2.53. The standard InChI is InChI=1S/C14H11N/c1-11-4-6-14-10-12(3-2-8-15)5-7-13(14)9-11/h2-7,9-10H,1H3/b3-2+. The van der Waals surface area contributed by atoms with E-state index in [4.69, 9.17) is 5.26 Å². The third-order valence-electron chi connectivity index (χ3n) is 2.37. The first-order chi connectivity index (χ1) is 7.29. The van der Waals surface area contributed by atoms with Gasteiger partial charge in [-0.1, -0.05) is 35.9 Å². The molecule has 0 amide bonds. The first-order valence-electron chi connectivity index (χ1n) is 4.86. The maximum atomic E-state index is 8.44. The lowest BCUT2D eigenvalue weighted by molar-refractivity contribution is 1.50. The molecule has 2 aromatic rings. The molecule has 1 heteroatoms. The van der Waals surface area contributed by atoms with Gasteiger partial charge in [0.15, 0.2) is 0 Å². The van der Waals surface area contributed by atoms with Gasteiger partial charge in [0.05, 0.1) is 6.07 Å². The topological polar surface area (TPSA) is 23.8 Å². The fourth-order valence-electron chi connectivity index (χ4n) is 1.62. The van der Waals surface area contributed by atoms with Crippen molar-refractivity contribution in [1.29, 1.82) is 5.26 Å². The lowest BCUT2D eigenvalue weighted by Crippen LogP contribution is -1.77. The van der Waals surface area contributed by atoms with Crippen LogP contribution in [0.25, 0.3) is 16.8 Å². The molecule has 0 saturated carbocycles. The van der Waals surface area contributed by atoms with Gasteiger partial charge in [-0.25, -0.2) is 0 Å². The zero-order chi connectivity index (χ0) is 10.7. The highest BCUT2D eigenvalue weighted by molar-refractivity contribution is 5.85. The molecule has 0 aliphatic rings. The van der Waals surface area contributed by atoms with Crippen LogP contribution in [0.3, 0.4) is 0 Å². The summed E-state index contributed by atoms with van der Waals surface area (Å²) in [6.45, 7) is 2.09. The molecule has 0 aliphatic heterocycles. The van der Waals surface area contributed by atoms with E-state index in [2.05, 4.69) is 37.3 Å². The van der Waals surface area contributed by atoms with E-state index in [1.165, 1.54) is 22.4 Å². The van der Waals surface area contributed by atoms with Crippen molar-refractivity contribution in [3.8, 4) is 6.07 Å². The van der Waals surface area contributed by atoms with E-state index in [0.29, 0.717) is 0 Å². The minimum Gasteiger partial charge on any atom is -0.193 e. The quantitative estimate of drug-likeness (QED) is 0.634. The Morgan fingerprint density at radius 1 is 1.07 bits per heavy atom. The second-order valence-electron chi connectivity index (χ2n) is 3.57. The molecule has 0 heterocycles. The van der Waals surface area contributed by atoms with Crippen molar-refractivity contribution in [1.82, 2.24) is 0 Å². The van der Waals surface area contributed by atoms with Crippen molar-refractivity contribution in [2.24, 2.45) is 0 Å². The predicted octanol–water partition coefficient (Wildman–Crippen LogP) is 3.69. The molecule has 0 spiro atoms. The van der Waals surface area contributed by atoms with Crippen LogP contribution in [0.15, 0.2) is 42.5 Å². The lowest BCUT2D eigenvalue weighted by Gasteiger charge is -2.00. The number of hydrogen-bond donors (Lipinski definition) is 0. The maximum absolute atomic E-state index is 8.44. The van der Waals surface area contributed by atoms with Crippen molar-refractivity contribution in [2.45, 2.75) is 6.92 Å². The first kappa shape index (κ1) is 9.48. The first-order valence-corrected chi connectivity index (χ1v) is 4.86. The van der Waals surface area contributed by atoms with Gasteiger partial charge in [-0.15, -0.1) is 0 Å². The van der Waals surface area contributed by atoms with Crippen LogP contribution in [-0.4, -0.2) is 0 Å². The van der Waals surface area contributed by atoms with Gasteiger partial charge in [-0.2, -0.15) is 5.26 Å². The average Bonchev–Trinajstić information content (AvgIpc) is 2.26. The summed E-state index contributed by atoms with van der Waals surface area (Å²) in [5, 5.41) is 10.9. The molecule has 2 rings (SSSR count). The predicted molar refractivity (Wildman–Crippen MR) is 63.3 cm³/mol. The van der Waals surface area contributed by atoms with Gasteiger partial charge in [0.1, 0.15) is 0 Å². The van der Waals surface area contributed by atoms with Crippen LogP contribution in [0, 0.1) is 18.3 Å². The summed E-state index contributed by atoms with van der Waals surface area (Å²) in [5.41, 5.74) is 2.33. The third-order valence-corrected chi connectivity index (χ3v) is 2.37. The maximum Gasteiger partial charge on any atom is 0.0912 e. The SMILES string of the molecule is Cc1ccc2cc(/C=C/C#N)ccc2c1. The Morgan fingerprint density at radius 3 is 2.60 bits per heavy atom. The van der Waals surface area contributed by atoms with Gasteiger partial charge in [0.25, 0.3) is 0 Å².